The molecule has 0 aliphatic carbocycles. The quantitative estimate of drug-likeness (QED) is 0.763. The number of nitrogens with one attached hydrogen (secondary N) is 1. The van der Waals surface area contributed by atoms with E-state index in [0.717, 1.165) is 6.42 Å². The summed E-state index contributed by atoms with van der Waals surface area (Å²) in [6.07, 6.45) is 0.994. The van der Waals surface area contributed by atoms with Crippen molar-refractivity contribution in [3.05, 3.63) is 0 Å². The van der Waals surface area contributed by atoms with Gasteiger partial charge in [-0.15, -0.1) is 0 Å². The van der Waals surface area contributed by atoms with Crippen molar-refractivity contribution in [2.24, 2.45) is 11.8 Å². The molecule has 6 nitrogen and oxygen atoms in total. The maximum absolute atomic E-state index is 11.9. The predicted octanol–water partition coefficient (Wildman–Crippen LogP) is 0.773. The average Bonchev–Trinajstić information content (AvgIpc) is 2.83. The van der Waals surface area contributed by atoms with Crippen molar-refractivity contribution in [1.29, 1.82) is 0 Å². The van der Waals surface area contributed by atoms with Gasteiger partial charge in [0.25, 0.3) is 0 Å². The van der Waals surface area contributed by atoms with Gasteiger partial charge in [-0.25, -0.2) is 4.79 Å². The van der Waals surface area contributed by atoms with Crippen molar-refractivity contribution >= 4 is 12.0 Å². The van der Waals surface area contributed by atoms with Gasteiger partial charge in [-0.3, -0.25) is 4.79 Å². The van der Waals surface area contributed by atoms with Crippen LogP contribution in [0.15, 0.2) is 0 Å². The lowest BCUT2D eigenvalue weighted by atomic mass is 10.0. The lowest BCUT2D eigenvalue weighted by Gasteiger charge is -2.27. The third kappa shape index (κ3) is 3.60. The maximum Gasteiger partial charge on any atom is 0.317 e. The lowest BCUT2D eigenvalue weighted by molar-refractivity contribution is -0.142. The Bertz CT molecular complexity index is 308. The van der Waals surface area contributed by atoms with Crippen LogP contribution in [-0.4, -0.2) is 54.9 Å². The van der Waals surface area contributed by atoms with Crippen LogP contribution in [0.1, 0.15) is 20.3 Å². The van der Waals surface area contributed by atoms with E-state index in [1.165, 1.54) is 4.90 Å². The molecular formula is C12H22N2O4. The van der Waals surface area contributed by atoms with Gasteiger partial charge in [0.05, 0.1) is 19.3 Å². The third-order valence-electron chi connectivity index (χ3n) is 3.48. The Hall–Kier alpha value is -1.30. The molecule has 1 aliphatic rings. The molecule has 1 heterocycles. The molecule has 2 amide bonds. The van der Waals surface area contributed by atoms with Crippen LogP contribution in [0.25, 0.3) is 0 Å². The largest absolute Gasteiger partial charge is 0.481 e. The van der Waals surface area contributed by atoms with Crippen molar-refractivity contribution in [2.45, 2.75) is 26.3 Å². The Morgan fingerprint density at radius 3 is 2.72 bits per heavy atom. The molecule has 0 aromatic heterocycles. The maximum atomic E-state index is 11.9. The van der Waals surface area contributed by atoms with E-state index in [1.54, 1.807) is 7.05 Å². The van der Waals surface area contributed by atoms with Crippen LogP contribution >= 0.6 is 0 Å². The van der Waals surface area contributed by atoms with Gasteiger partial charge in [0.2, 0.25) is 0 Å². The standard InChI is InChI=1S/C12H22N2O4/c1-4-8(2)5-13-12(17)14(3)10-7-18-6-9(10)11(15)16/h8-10H,4-7H2,1-3H3,(H,13,17)(H,15,16). The molecule has 104 valence electrons. The number of urea groups is 1. The van der Waals surface area contributed by atoms with Crippen LogP contribution in [0.3, 0.4) is 0 Å². The molecular weight excluding hydrogens is 236 g/mol. The average molecular weight is 258 g/mol. The fourth-order valence-electron chi connectivity index (χ4n) is 1.84. The molecule has 0 bridgehead atoms. The van der Waals surface area contributed by atoms with E-state index in [1.807, 2.05) is 0 Å². The SMILES string of the molecule is CCC(C)CNC(=O)N(C)C1COCC1C(=O)O. The fraction of sp³-hybridized carbons (Fsp3) is 0.833. The van der Waals surface area contributed by atoms with E-state index in [-0.39, 0.29) is 25.3 Å². The summed E-state index contributed by atoms with van der Waals surface area (Å²) in [5, 5.41) is 11.8. The number of carbonyl (C=O) groups is 2. The summed E-state index contributed by atoms with van der Waals surface area (Å²) < 4.78 is 5.15. The number of carboxylic acids is 1. The number of carboxylic acid groups (broad SMARTS) is 1. The summed E-state index contributed by atoms with van der Waals surface area (Å²) >= 11 is 0. The Morgan fingerprint density at radius 2 is 2.17 bits per heavy atom. The van der Waals surface area contributed by atoms with Gasteiger partial charge in [-0.2, -0.15) is 0 Å². The minimum atomic E-state index is -0.918. The van der Waals surface area contributed by atoms with E-state index in [0.29, 0.717) is 12.5 Å². The van der Waals surface area contributed by atoms with Crippen LogP contribution in [0.4, 0.5) is 4.79 Å². The molecule has 3 atom stereocenters. The van der Waals surface area contributed by atoms with Gasteiger partial charge >= 0.3 is 12.0 Å². The van der Waals surface area contributed by atoms with Gasteiger partial charge in [0, 0.05) is 13.6 Å². The van der Waals surface area contributed by atoms with Crippen molar-refractivity contribution in [1.82, 2.24) is 10.2 Å². The van der Waals surface area contributed by atoms with E-state index in [9.17, 15) is 9.59 Å². The Morgan fingerprint density at radius 1 is 1.50 bits per heavy atom. The molecule has 1 saturated heterocycles. The number of carbonyl (C=O) groups excluding carboxylic acids is 1. The van der Waals surface area contributed by atoms with Crippen LogP contribution in [0, 0.1) is 11.8 Å². The molecule has 0 spiro atoms. The second-order valence-electron chi connectivity index (χ2n) is 4.86. The van der Waals surface area contributed by atoms with E-state index in [2.05, 4.69) is 19.2 Å². The monoisotopic (exact) mass is 258 g/mol. The number of aliphatic carboxylic acids is 1. The smallest absolute Gasteiger partial charge is 0.317 e. The minimum absolute atomic E-state index is 0.170. The molecule has 1 fully saturated rings. The third-order valence-corrected chi connectivity index (χ3v) is 3.48. The van der Waals surface area contributed by atoms with Crippen LogP contribution in [0.5, 0.6) is 0 Å². The van der Waals surface area contributed by atoms with Gasteiger partial charge < -0.3 is 20.1 Å². The molecule has 0 aromatic rings. The normalized spacial score (nSPS) is 24.6. The summed E-state index contributed by atoms with van der Waals surface area (Å²) in [5.41, 5.74) is 0. The van der Waals surface area contributed by atoms with Crippen molar-refractivity contribution < 1.29 is 19.4 Å². The molecule has 0 aromatic carbocycles. The first kappa shape index (κ1) is 14.8. The number of nitrogens with zero attached hydrogens (tertiary/aromatic N) is 1. The van der Waals surface area contributed by atoms with Crippen LogP contribution < -0.4 is 5.32 Å². The Kier molecular flexibility index (Phi) is 5.40. The number of likely N-dealkylation sites (N-methyl/N-ethyl adjacent to an activating group) is 1. The van der Waals surface area contributed by atoms with Crippen molar-refractivity contribution in [3.63, 3.8) is 0 Å². The summed E-state index contributed by atoms with van der Waals surface area (Å²) in [6, 6.07) is -0.628. The zero-order valence-electron chi connectivity index (χ0n) is 11.2. The van der Waals surface area contributed by atoms with Crippen LogP contribution in [0.2, 0.25) is 0 Å². The minimum Gasteiger partial charge on any atom is -0.481 e. The highest BCUT2D eigenvalue weighted by atomic mass is 16.5. The summed E-state index contributed by atoms with van der Waals surface area (Å²) in [4.78, 5) is 24.3. The first-order valence-electron chi connectivity index (χ1n) is 6.28. The first-order valence-corrected chi connectivity index (χ1v) is 6.28. The molecule has 18 heavy (non-hydrogen) atoms. The van der Waals surface area contributed by atoms with Crippen molar-refractivity contribution in [2.75, 3.05) is 26.8 Å². The van der Waals surface area contributed by atoms with Gasteiger partial charge in [0.1, 0.15) is 5.92 Å². The zero-order chi connectivity index (χ0) is 13.7. The zero-order valence-corrected chi connectivity index (χ0v) is 11.2. The lowest BCUT2D eigenvalue weighted by Crippen LogP contribution is -2.49. The van der Waals surface area contributed by atoms with Gasteiger partial charge in [0.15, 0.2) is 0 Å². The van der Waals surface area contributed by atoms with Crippen molar-refractivity contribution in [3.8, 4) is 0 Å². The molecule has 6 heteroatoms. The van der Waals surface area contributed by atoms with Gasteiger partial charge in [-0.1, -0.05) is 20.3 Å². The molecule has 1 aliphatic heterocycles. The number of rotatable bonds is 5. The second kappa shape index (κ2) is 6.58. The highest BCUT2D eigenvalue weighted by Gasteiger charge is 2.38. The Labute approximate surface area is 107 Å². The van der Waals surface area contributed by atoms with E-state index < -0.39 is 11.9 Å². The van der Waals surface area contributed by atoms with Gasteiger partial charge in [-0.05, 0) is 5.92 Å². The summed E-state index contributed by atoms with van der Waals surface area (Å²) in [7, 11) is 1.61. The molecule has 1 rings (SSSR count). The predicted molar refractivity (Wildman–Crippen MR) is 66.3 cm³/mol. The molecule has 0 saturated carbocycles. The molecule has 0 radical (unpaired) electrons. The number of ether oxygens (including phenoxy) is 1. The molecule has 3 unspecified atom stereocenters. The Balaban J connectivity index is 2.50. The number of hydrogen-bond acceptors (Lipinski definition) is 3. The van der Waals surface area contributed by atoms with E-state index >= 15 is 0 Å². The van der Waals surface area contributed by atoms with E-state index in [4.69, 9.17) is 9.84 Å². The number of hydrogen-bond donors (Lipinski definition) is 2. The highest BCUT2D eigenvalue weighted by Crippen LogP contribution is 2.19. The van der Waals surface area contributed by atoms with Crippen LogP contribution in [-0.2, 0) is 9.53 Å². The molecule has 2 N–H and O–H groups in total. The topological polar surface area (TPSA) is 78.9 Å². The summed E-state index contributed by atoms with van der Waals surface area (Å²) in [5.74, 6) is -1.14. The summed E-state index contributed by atoms with van der Waals surface area (Å²) in [6.45, 7) is 5.17. The number of amides is 2. The second-order valence-corrected chi connectivity index (χ2v) is 4.86. The highest BCUT2D eigenvalue weighted by molar-refractivity contribution is 5.77. The fourth-order valence-corrected chi connectivity index (χ4v) is 1.84. The first-order chi connectivity index (χ1) is 8.47.